The molecule has 1 aliphatic rings. The number of aryl methyl sites for hydroxylation is 1. The van der Waals surface area contributed by atoms with E-state index >= 15 is 0 Å². The van der Waals surface area contributed by atoms with Crippen molar-refractivity contribution in [1.29, 1.82) is 0 Å². The van der Waals surface area contributed by atoms with Crippen molar-refractivity contribution in [2.24, 2.45) is 5.84 Å². The molecule has 1 aromatic carbocycles. The summed E-state index contributed by atoms with van der Waals surface area (Å²) >= 11 is 0. The van der Waals surface area contributed by atoms with Crippen LogP contribution in [0.3, 0.4) is 0 Å². The third-order valence-electron chi connectivity index (χ3n) is 4.32. The van der Waals surface area contributed by atoms with Crippen LogP contribution in [-0.2, 0) is 15.9 Å². The van der Waals surface area contributed by atoms with Crippen LogP contribution < -0.4 is 11.3 Å². The molecule has 0 aromatic heterocycles. The van der Waals surface area contributed by atoms with Gasteiger partial charge in [-0.25, -0.2) is 0 Å². The second-order valence-corrected chi connectivity index (χ2v) is 5.70. The minimum atomic E-state index is -0.270. The summed E-state index contributed by atoms with van der Waals surface area (Å²) in [6, 6.07) is 8.74. The highest BCUT2D eigenvalue weighted by molar-refractivity contribution is 5.27. The second kappa shape index (κ2) is 7.90. The third kappa shape index (κ3) is 3.83. The van der Waals surface area contributed by atoms with Crippen LogP contribution >= 0.6 is 0 Å². The van der Waals surface area contributed by atoms with Gasteiger partial charge in [0.1, 0.15) is 0 Å². The largest absolute Gasteiger partial charge is 0.381 e. The van der Waals surface area contributed by atoms with Gasteiger partial charge in [-0.05, 0) is 24.5 Å². The van der Waals surface area contributed by atoms with Crippen LogP contribution in [0.15, 0.2) is 24.3 Å². The summed E-state index contributed by atoms with van der Waals surface area (Å²) in [4.78, 5) is 0. The first kappa shape index (κ1) is 16.4. The summed E-state index contributed by atoms with van der Waals surface area (Å²) in [5.74, 6) is 5.88. The minimum absolute atomic E-state index is 0.00275. The van der Waals surface area contributed by atoms with Crippen LogP contribution in [0.4, 0.5) is 0 Å². The maximum Gasteiger partial charge on any atom is 0.0932 e. The summed E-state index contributed by atoms with van der Waals surface area (Å²) in [7, 11) is 0. The number of ether oxygens (including phenoxy) is 2. The van der Waals surface area contributed by atoms with E-state index in [-0.39, 0.29) is 11.6 Å². The van der Waals surface area contributed by atoms with E-state index in [1.165, 1.54) is 11.1 Å². The van der Waals surface area contributed by atoms with Crippen molar-refractivity contribution in [3.05, 3.63) is 35.4 Å². The minimum Gasteiger partial charge on any atom is -0.381 e. The van der Waals surface area contributed by atoms with Crippen LogP contribution in [0.2, 0.25) is 0 Å². The molecule has 1 fully saturated rings. The van der Waals surface area contributed by atoms with Crippen molar-refractivity contribution >= 4 is 0 Å². The Labute approximate surface area is 128 Å². The Hall–Kier alpha value is -0.940. The second-order valence-electron chi connectivity index (χ2n) is 5.70. The summed E-state index contributed by atoms with van der Waals surface area (Å²) in [5.41, 5.74) is 5.27. The fourth-order valence-corrected chi connectivity index (χ4v) is 3.24. The van der Waals surface area contributed by atoms with Gasteiger partial charge >= 0.3 is 0 Å². The highest BCUT2D eigenvalue weighted by Crippen LogP contribution is 2.37. The van der Waals surface area contributed by atoms with Crippen LogP contribution in [0.1, 0.15) is 50.3 Å². The van der Waals surface area contributed by atoms with Gasteiger partial charge in [-0.1, -0.05) is 37.6 Å². The molecule has 3 N–H and O–H groups in total. The SMILES string of the molecule is CCCc1ccc(C(NN)C2(OCC)CCOCC2)cc1. The topological polar surface area (TPSA) is 56.5 Å². The monoisotopic (exact) mass is 292 g/mol. The number of hydrazine groups is 1. The Morgan fingerprint density at radius 3 is 2.43 bits per heavy atom. The number of benzene rings is 1. The predicted molar refractivity (Wildman–Crippen MR) is 84.9 cm³/mol. The van der Waals surface area contributed by atoms with Gasteiger partial charge in [-0.15, -0.1) is 0 Å². The van der Waals surface area contributed by atoms with E-state index in [1.807, 2.05) is 6.92 Å². The summed E-state index contributed by atoms with van der Waals surface area (Å²) in [6.07, 6.45) is 4.02. The highest BCUT2D eigenvalue weighted by atomic mass is 16.5. The maximum atomic E-state index is 6.13. The average molecular weight is 292 g/mol. The van der Waals surface area contributed by atoms with Crippen molar-refractivity contribution in [3.63, 3.8) is 0 Å². The number of hydrogen-bond donors (Lipinski definition) is 2. The van der Waals surface area contributed by atoms with Crippen LogP contribution in [-0.4, -0.2) is 25.4 Å². The molecule has 4 nitrogen and oxygen atoms in total. The first-order valence-corrected chi connectivity index (χ1v) is 8.02. The fourth-order valence-electron chi connectivity index (χ4n) is 3.24. The summed E-state index contributed by atoms with van der Waals surface area (Å²) in [5, 5.41) is 0. The molecule has 0 amide bonds. The van der Waals surface area contributed by atoms with Crippen LogP contribution in [0.5, 0.6) is 0 Å². The number of nitrogens with two attached hydrogens (primary N) is 1. The first-order valence-electron chi connectivity index (χ1n) is 8.02. The molecule has 118 valence electrons. The Bertz CT molecular complexity index is 408. The van der Waals surface area contributed by atoms with E-state index < -0.39 is 0 Å². The van der Waals surface area contributed by atoms with Gasteiger partial charge < -0.3 is 9.47 Å². The summed E-state index contributed by atoms with van der Waals surface area (Å²) < 4.78 is 11.6. The van der Waals surface area contributed by atoms with Gasteiger partial charge in [0.25, 0.3) is 0 Å². The molecule has 0 radical (unpaired) electrons. The van der Waals surface area contributed by atoms with Crippen molar-refractivity contribution in [2.75, 3.05) is 19.8 Å². The number of rotatable bonds is 7. The standard InChI is InChI=1S/C17H28N2O2/c1-3-5-14-6-8-15(9-7-14)16(19-18)17(21-4-2)10-12-20-13-11-17/h6-9,16,19H,3-5,10-13,18H2,1-2H3. The van der Waals surface area contributed by atoms with E-state index in [0.717, 1.165) is 38.9 Å². The third-order valence-corrected chi connectivity index (χ3v) is 4.32. The highest BCUT2D eigenvalue weighted by Gasteiger charge is 2.41. The zero-order valence-electron chi connectivity index (χ0n) is 13.2. The van der Waals surface area contributed by atoms with E-state index in [2.05, 4.69) is 36.6 Å². The molecular formula is C17H28N2O2. The van der Waals surface area contributed by atoms with Crippen LogP contribution in [0, 0.1) is 0 Å². The zero-order chi connectivity index (χ0) is 15.1. The molecule has 21 heavy (non-hydrogen) atoms. The molecule has 1 aromatic rings. The van der Waals surface area contributed by atoms with E-state index in [4.69, 9.17) is 15.3 Å². The van der Waals surface area contributed by atoms with Crippen molar-refractivity contribution in [1.82, 2.24) is 5.43 Å². The van der Waals surface area contributed by atoms with Gasteiger partial charge in [0.05, 0.1) is 11.6 Å². The lowest BCUT2D eigenvalue weighted by Gasteiger charge is -2.43. The van der Waals surface area contributed by atoms with Crippen molar-refractivity contribution in [3.8, 4) is 0 Å². The lowest BCUT2D eigenvalue weighted by Crippen LogP contribution is -2.51. The quantitative estimate of drug-likeness (QED) is 0.599. The number of hydrogen-bond acceptors (Lipinski definition) is 4. The molecule has 2 rings (SSSR count). The van der Waals surface area contributed by atoms with Gasteiger partial charge in [-0.3, -0.25) is 11.3 Å². The average Bonchev–Trinajstić information content (AvgIpc) is 2.51. The molecule has 0 saturated carbocycles. The molecule has 1 aliphatic heterocycles. The van der Waals surface area contributed by atoms with Gasteiger partial charge in [0.2, 0.25) is 0 Å². The Morgan fingerprint density at radius 2 is 1.90 bits per heavy atom. The smallest absolute Gasteiger partial charge is 0.0932 e. The first-order chi connectivity index (χ1) is 10.3. The Kier molecular flexibility index (Phi) is 6.18. The molecule has 0 bridgehead atoms. The lowest BCUT2D eigenvalue weighted by molar-refractivity contribution is -0.128. The fraction of sp³-hybridized carbons (Fsp3) is 0.647. The maximum absolute atomic E-state index is 6.13. The van der Waals surface area contributed by atoms with E-state index in [1.54, 1.807) is 0 Å². The lowest BCUT2D eigenvalue weighted by atomic mass is 9.82. The van der Waals surface area contributed by atoms with E-state index in [0.29, 0.717) is 6.61 Å². The zero-order valence-corrected chi connectivity index (χ0v) is 13.2. The molecule has 0 aliphatic carbocycles. The predicted octanol–water partition coefficient (Wildman–Crippen LogP) is 2.73. The van der Waals surface area contributed by atoms with Gasteiger partial charge in [0, 0.05) is 32.7 Å². The molecule has 0 spiro atoms. The molecular weight excluding hydrogens is 264 g/mol. The van der Waals surface area contributed by atoms with E-state index in [9.17, 15) is 0 Å². The van der Waals surface area contributed by atoms with Crippen molar-refractivity contribution in [2.45, 2.75) is 51.2 Å². The molecule has 1 saturated heterocycles. The Morgan fingerprint density at radius 1 is 1.24 bits per heavy atom. The molecule has 1 unspecified atom stereocenters. The molecule has 1 atom stereocenters. The molecule has 4 heteroatoms. The normalized spacial score (nSPS) is 19.4. The Balaban J connectivity index is 2.22. The molecule has 1 heterocycles. The van der Waals surface area contributed by atoms with Crippen molar-refractivity contribution < 1.29 is 9.47 Å². The summed E-state index contributed by atoms with van der Waals surface area (Å²) in [6.45, 7) is 6.38. The number of nitrogens with one attached hydrogen (secondary N) is 1. The van der Waals surface area contributed by atoms with Crippen LogP contribution in [0.25, 0.3) is 0 Å². The van der Waals surface area contributed by atoms with Gasteiger partial charge in [-0.2, -0.15) is 0 Å². The van der Waals surface area contributed by atoms with Gasteiger partial charge in [0.15, 0.2) is 0 Å².